The van der Waals surface area contributed by atoms with Crippen molar-refractivity contribution in [2.75, 3.05) is 0 Å². The molecule has 1 aromatic heterocycles. The van der Waals surface area contributed by atoms with Crippen molar-refractivity contribution in [1.29, 1.82) is 0 Å². The number of hydrogen-bond donors (Lipinski definition) is 1. The van der Waals surface area contributed by atoms with E-state index in [1.54, 1.807) is 0 Å². The highest BCUT2D eigenvalue weighted by molar-refractivity contribution is 5.72. The summed E-state index contributed by atoms with van der Waals surface area (Å²) in [5.74, 6) is 0.539. The van der Waals surface area contributed by atoms with E-state index in [0.717, 1.165) is 16.7 Å². The van der Waals surface area contributed by atoms with Crippen molar-refractivity contribution in [3.05, 3.63) is 41.8 Å². The normalized spacial score (nSPS) is 14.6. The molecule has 0 radical (unpaired) electrons. The molecule has 3 heteroatoms. The zero-order valence-electron chi connectivity index (χ0n) is 11.9. The fourth-order valence-electron chi connectivity index (χ4n) is 2.12. The Morgan fingerprint density at radius 1 is 1.26 bits per heavy atom. The topological polar surface area (TPSA) is 46.3 Å². The first-order valence-corrected chi connectivity index (χ1v) is 6.67. The van der Waals surface area contributed by atoms with Crippen LogP contribution in [0.4, 0.5) is 0 Å². The third-order valence-electron chi connectivity index (χ3n) is 3.16. The predicted octanol–water partition coefficient (Wildman–Crippen LogP) is 3.89. The van der Waals surface area contributed by atoms with Gasteiger partial charge in [-0.05, 0) is 31.9 Å². The summed E-state index contributed by atoms with van der Waals surface area (Å²) in [5, 5.41) is 10.4. The molecule has 0 saturated heterocycles. The summed E-state index contributed by atoms with van der Waals surface area (Å²) in [5.41, 5.74) is 2.74. The zero-order valence-corrected chi connectivity index (χ0v) is 11.9. The molecule has 0 fully saturated rings. The summed E-state index contributed by atoms with van der Waals surface area (Å²) < 4.78 is 5.79. The molecule has 0 amide bonds. The van der Waals surface area contributed by atoms with Gasteiger partial charge < -0.3 is 9.52 Å². The molecule has 19 heavy (non-hydrogen) atoms. The Kier molecular flexibility index (Phi) is 4.05. The highest BCUT2D eigenvalue weighted by Gasteiger charge is 2.26. The summed E-state index contributed by atoms with van der Waals surface area (Å²) in [4.78, 5) is 4.50. The standard InChI is InChI=1S/C16H21NO2/c1-10(2)9-12(15(18)11(3)4)16-17-13-7-5-6-8-14(13)19-16/h5-9,11-12,15,18H,1-4H3. The van der Waals surface area contributed by atoms with Gasteiger partial charge in [-0.25, -0.2) is 4.98 Å². The monoisotopic (exact) mass is 259 g/mol. The largest absolute Gasteiger partial charge is 0.440 e. The van der Waals surface area contributed by atoms with Gasteiger partial charge >= 0.3 is 0 Å². The van der Waals surface area contributed by atoms with Crippen LogP contribution in [0.1, 0.15) is 39.5 Å². The Hall–Kier alpha value is -1.61. The molecule has 2 unspecified atom stereocenters. The van der Waals surface area contributed by atoms with Crippen molar-refractivity contribution >= 4 is 11.1 Å². The van der Waals surface area contributed by atoms with Gasteiger partial charge in [-0.3, -0.25) is 0 Å². The summed E-state index contributed by atoms with van der Waals surface area (Å²) >= 11 is 0. The molecule has 0 saturated carbocycles. The number of hydrogen-bond acceptors (Lipinski definition) is 3. The van der Waals surface area contributed by atoms with Crippen LogP contribution in [0.25, 0.3) is 11.1 Å². The van der Waals surface area contributed by atoms with Gasteiger partial charge in [-0.15, -0.1) is 0 Å². The molecule has 102 valence electrons. The number of benzene rings is 1. The number of oxazole rings is 1. The van der Waals surface area contributed by atoms with Crippen molar-refractivity contribution in [2.24, 2.45) is 5.92 Å². The van der Waals surface area contributed by atoms with Crippen LogP contribution in [0.2, 0.25) is 0 Å². The van der Waals surface area contributed by atoms with Crippen LogP contribution < -0.4 is 0 Å². The van der Waals surface area contributed by atoms with Gasteiger partial charge in [-0.2, -0.15) is 0 Å². The zero-order chi connectivity index (χ0) is 14.0. The van der Waals surface area contributed by atoms with E-state index >= 15 is 0 Å². The van der Waals surface area contributed by atoms with Crippen LogP contribution in [-0.2, 0) is 0 Å². The van der Waals surface area contributed by atoms with Gasteiger partial charge in [-0.1, -0.05) is 37.6 Å². The molecule has 0 spiro atoms. The Morgan fingerprint density at radius 2 is 1.95 bits per heavy atom. The lowest BCUT2D eigenvalue weighted by Gasteiger charge is -2.20. The number of nitrogens with zero attached hydrogens (tertiary/aromatic N) is 1. The number of aliphatic hydroxyl groups excluding tert-OH is 1. The highest BCUT2D eigenvalue weighted by atomic mass is 16.4. The maximum absolute atomic E-state index is 10.4. The minimum Gasteiger partial charge on any atom is -0.440 e. The maximum Gasteiger partial charge on any atom is 0.205 e. The molecule has 2 aromatic rings. The van der Waals surface area contributed by atoms with E-state index in [1.165, 1.54) is 0 Å². The number of fused-ring (bicyclic) bond motifs is 1. The van der Waals surface area contributed by atoms with Gasteiger partial charge in [0.15, 0.2) is 5.58 Å². The Labute approximate surface area is 114 Å². The van der Waals surface area contributed by atoms with Gasteiger partial charge in [0, 0.05) is 0 Å². The molecular weight excluding hydrogens is 238 g/mol. The molecule has 0 bridgehead atoms. The number of aromatic nitrogens is 1. The summed E-state index contributed by atoms with van der Waals surface area (Å²) in [6.07, 6.45) is 1.53. The van der Waals surface area contributed by atoms with Gasteiger partial charge in [0.2, 0.25) is 5.89 Å². The fourth-order valence-corrected chi connectivity index (χ4v) is 2.12. The third-order valence-corrected chi connectivity index (χ3v) is 3.16. The minimum atomic E-state index is -0.497. The van der Waals surface area contributed by atoms with E-state index in [0.29, 0.717) is 5.89 Å². The van der Waals surface area contributed by atoms with Gasteiger partial charge in [0.05, 0.1) is 12.0 Å². The minimum absolute atomic E-state index is 0.149. The van der Waals surface area contributed by atoms with Crippen molar-refractivity contribution in [1.82, 2.24) is 4.98 Å². The van der Waals surface area contributed by atoms with E-state index in [4.69, 9.17) is 4.42 Å². The SMILES string of the molecule is CC(C)=CC(c1nc2ccccc2o1)C(O)C(C)C. The summed E-state index contributed by atoms with van der Waals surface area (Å²) in [7, 11) is 0. The molecule has 0 aliphatic carbocycles. The average molecular weight is 259 g/mol. The molecule has 2 atom stereocenters. The van der Waals surface area contributed by atoms with Crippen LogP contribution in [0, 0.1) is 5.92 Å². The number of aliphatic hydroxyl groups is 1. The third kappa shape index (κ3) is 3.04. The second-order valence-corrected chi connectivity index (χ2v) is 5.52. The first kappa shape index (κ1) is 13.8. The second-order valence-electron chi connectivity index (χ2n) is 5.52. The Balaban J connectivity index is 2.45. The van der Waals surface area contributed by atoms with Crippen molar-refractivity contribution in [3.8, 4) is 0 Å². The molecule has 1 heterocycles. The summed E-state index contributed by atoms with van der Waals surface area (Å²) in [6.45, 7) is 8.03. The molecule has 1 N–H and O–H groups in total. The van der Waals surface area contributed by atoms with E-state index < -0.39 is 6.10 Å². The van der Waals surface area contributed by atoms with E-state index in [1.807, 2.05) is 58.0 Å². The van der Waals surface area contributed by atoms with Crippen LogP contribution in [0.3, 0.4) is 0 Å². The quantitative estimate of drug-likeness (QED) is 0.847. The lowest BCUT2D eigenvalue weighted by Crippen LogP contribution is -2.23. The molecule has 2 rings (SSSR count). The molecular formula is C16H21NO2. The molecule has 1 aromatic carbocycles. The van der Waals surface area contributed by atoms with Gasteiger partial charge in [0.1, 0.15) is 5.52 Å². The van der Waals surface area contributed by atoms with E-state index in [-0.39, 0.29) is 11.8 Å². The van der Waals surface area contributed by atoms with Crippen molar-refractivity contribution in [3.63, 3.8) is 0 Å². The number of para-hydroxylation sites is 2. The van der Waals surface area contributed by atoms with Crippen molar-refractivity contribution < 1.29 is 9.52 Å². The van der Waals surface area contributed by atoms with Crippen LogP contribution in [0.5, 0.6) is 0 Å². The van der Waals surface area contributed by atoms with Crippen LogP contribution >= 0.6 is 0 Å². The average Bonchev–Trinajstić information content (AvgIpc) is 2.78. The summed E-state index contributed by atoms with van der Waals surface area (Å²) in [6, 6.07) is 7.67. The smallest absolute Gasteiger partial charge is 0.205 e. The van der Waals surface area contributed by atoms with E-state index in [9.17, 15) is 5.11 Å². The lowest BCUT2D eigenvalue weighted by atomic mass is 9.91. The van der Waals surface area contributed by atoms with Crippen LogP contribution in [-0.4, -0.2) is 16.2 Å². The van der Waals surface area contributed by atoms with E-state index in [2.05, 4.69) is 4.98 Å². The highest BCUT2D eigenvalue weighted by Crippen LogP contribution is 2.29. The molecule has 3 nitrogen and oxygen atoms in total. The lowest BCUT2D eigenvalue weighted by molar-refractivity contribution is 0.102. The Morgan fingerprint density at radius 3 is 2.53 bits per heavy atom. The second kappa shape index (κ2) is 5.57. The number of allylic oxidation sites excluding steroid dienone is 1. The first-order valence-electron chi connectivity index (χ1n) is 6.67. The molecule has 0 aliphatic heterocycles. The number of rotatable bonds is 4. The fraction of sp³-hybridized carbons (Fsp3) is 0.438. The van der Waals surface area contributed by atoms with Crippen molar-refractivity contribution in [2.45, 2.75) is 39.7 Å². The predicted molar refractivity (Wildman–Crippen MR) is 77.0 cm³/mol. The first-order chi connectivity index (χ1) is 8.99. The van der Waals surface area contributed by atoms with Gasteiger partial charge in [0.25, 0.3) is 0 Å². The molecule has 0 aliphatic rings. The maximum atomic E-state index is 10.4. The van der Waals surface area contributed by atoms with Crippen LogP contribution in [0.15, 0.2) is 40.3 Å². The Bertz CT molecular complexity index is 546.